The van der Waals surface area contributed by atoms with Gasteiger partial charge >= 0.3 is 5.97 Å². The molecule has 0 unspecified atom stereocenters. The van der Waals surface area contributed by atoms with Crippen LogP contribution in [0.5, 0.6) is 0 Å². The van der Waals surface area contributed by atoms with Crippen molar-refractivity contribution in [3.63, 3.8) is 0 Å². The number of benzene rings is 2. The summed E-state index contributed by atoms with van der Waals surface area (Å²) in [7, 11) is 0. The molecule has 2 aromatic carbocycles. The number of aromatic nitrogens is 2. The number of ether oxygens (including phenoxy) is 1. The van der Waals surface area contributed by atoms with Gasteiger partial charge in [-0.2, -0.15) is 0 Å². The minimum Gasteiger partial charge on any atom is -0.459 e. The molecule has 0 aliphatic carbocycles. The molecule has 0 radical (unpaired) electrons. The van der Waals surface area contributed by atoms with E-state index in [-0.39, 0.29) is 24.4 Å². The van der Waals surface area contributed by atoms with Crippen molar-refractivity contribution in [2.24, 2.45) is 5.92 Å². The van der Waals surface area contributed by atoms with Gasteiger partial charge in [0.15, 0.2) is 0 Å². The molecular formula is C25H25N3O3. The monoisotopic (exact) mass is 415 g/mol. The molecule has 6 nitrogen and oxygen atoms in total. The Morgan fingerprint density at radius 2 is 1.65 bits per heavy atom. The average Bonchev–Trinajstić information content (AvgIpc) is 2.81. The molecule has 1 saturated heterocycles. The Bertz CT molecular complexity index is 1100. The van der Waals surface area contributed by atoms with Crippen molar-refractivity contribution in [1.29, 1.82) is 0 Å². The van der Waals surface area contributed by atoms with Crippen molar-refractivity contribution in [1.82, 2.24) is 14.9 Å². The largest absolute Gasteiger partial charge is 0.459 e. The van der Waals surface area contributed by atoms with E-state index in [2.05, 4.69) is 9.97 Å². The predicted octanol–water partition coefficient (Wildman–Crippen LogP) is 3.93. The van der Waals surface area contributed by atoms with E-state index < -0.39 is 0 Å². The van der Waals surface area contributed by atoms with Gasteiger partial charge in [-0.25, -0.2) is 9.97 Å². The van der Waals surface area contributed by atoms with Crippen LogP contribution in [0.1, 0.15) is 29.8 Å². The smallest absolute Gasteiger partial charge is 0.309 e. The van der Waals surface area contributed by atoms with Crippen LogP contribution in [-0.2, 0) is 20.9 Å². The third kappa shape index (κ3) is 5.15. The number of amides is 1. The number of carbonyl (C=O) groups excluding carboxylic acids is 2. The van der Waals surface area contributed by atoms with Crippen molar-refractivity contribution in [3.05, 3.63) is 77.6 Å². The summed E-state index contributed by atoms with van der Waals surface area (Å²) in [6, 6.07) is 17.4. The Hall–Kier alpha value is -3.54. The molecule has 0 bridgehead atoms. The van der Waals surface area contributed by atoms with E-state index in [9.17, 15) is 9.59 Å². The van der Waals surface area contributed by atoms with Crippen LogP contribution in [0.4, 0.5) is 0 Å². The number of aryl methyl sites for hydroxylation is 1. The number of likely N-dealkylation sites (tertiary alicyclic amines) is 1. The number of hydrogen-bond acceptors (Lipinski definition) is 5. The summed E-state index contributed by atoms with van der Waals surface area (Å²) in [6.45, 7) is 3.08. The number of fused-ring (bicyclic) bond motifs is 1. The summed E-state index contributed by atoms with van der Waals surface area (Å²) in [6.07, 6.45) is 4.61. The highest BCUT2D eigenvalue weighted by molar-refractivity contribution is 5.92. The first-order chi connectivity index (χ1) is 15.1. The van der Waals surface area contributed by atoms with E-state index in [1.54, 1.807) is 11.0 Å². The van der Waals surface area contributed by atoms with E-state index in [0.29, 0.717) is 31.6 Å². The zero-order chi connectivity index (χ0) is 21.6. The molecule has 0 N–H and O–H groups in total. The maximum atomic E-state index is 12.5. The fourth-order valence-corrected chi connectivity index (χ4v) is 3.69. The number of piperidine rings is 1. The molecule has 6 heteroatoms. The number of nitrogens with zero attached hydrogens (tertiary/aromatic N) is 3. The van der Waals surface area contributed by atoms with Crippen molar-refractivity contribution in [2.45, 2.75) is 26.4 Å². The van der Waals surface area contributed by atoms with Gasteiger partial charge in [0.1, 0.15) is 6.61 Å². The molecule has 4 rings (SSSR count). The van der Waals surface area contributed by atoms with Crippen molar-refractivity contribution in [2.75, 3.05) is 13.1 Å². The number of esters is 1. The number of carbonyl (C=O) groups is 2. The number of rotatable bonds is 5. The SMILES string of the molecule is Cc1nc2ccccc2nc1COC(=O)C1CCN(C(=O)/C=C/c2ccccc2)CC1. The van der Waals surface area contributed by atoms with Crippen LogP contribution in [0.3, 0.4) is 0 Å². The second-order valence-corrected chi connectivity index (χ2v) is 7.70. The topological polar surface area (TPSA) is 72.4 Å². The lowest BCUT2D eigenvalue weighted by atomic mass is 9.97. The van der Waals surface area contributed by atoms with E-state index in [1.807, 2.05) is 67.6 Å². The van der Waals surface area contributed by atoms with Crippen LogP contribution in [-0.4, -0.2) is 39.8 Å². The van der Waals surface area contributed by atoms with Crippen LogP contribution in [0.15, 0.2) is 60.7 Å². The minimum absolute atomic E-state index is 0.0299. The molecule has 0 atom stereocenters. The van der Waals surface area contributed by atoms with Gasteiger partial charge in [0.05, 0.1) is 28.3 Å². The zero-order valence-corrected chi connectivity index (χ0v) is 17.5. The summed E-state index contributed by atoms with van der Waals surface area (Å²) >= 11 is 0. The Kier molecular flexibility index (Phi) is 6.36. The lowest BCUT2D eigenvalue weighted by Crippen LogP contribution is -2.39. The predicted molar refractivity (Wildman–Crippen MR) is 119 cm³/mol. The van der Waals surface area contributed by atoms with Gasteiger partial charge in [0.2, 0.25) is 5.91 Å². The van der Waals surface area contributed by atoms with Crippen molar-refractivity contribution in [3.8, 4) is 0 Å². The highest BCUT2D eigenvalue weighted by Gasteiger charge is 2.28. The first-order valence-electron chi connectivity index (χ1n) is 10.5. The molecule has 0 saturated carbocycles. The quantitative estimate of drug-likeness (QED) is 0.466. The van der Waals surface area contributed by atoms with Gasteiger partial charge < -0.3 is 9.64 Å². The van der Waals surface area contributed by atoms with Crippen LogP contribution < -0.4 is 0 Å². The number of hydrogen-bond donors (Lipinski definition) is 0. The van der Waals surface area contributed by atoms with E-state index >= 15 is 0 Å². The summed E-state index contributed by atoms with van der Waals surface area (Å²) in [4.78, 5) is 35.8. The molecule has 31 heavy (non-hydrogen) atoms. The lowest BCUT2D eigenvalue weighted by molar-refractivity contribution is -0.152. The molecule has 0 spiro atoms. The lowest BCUT2D eigenvalue weighted by Gasteiger charge is -2.30. The molecule has 1 aliphatic heterocycles. The third-order valence-electron chi connectivity index (χ3n) is 5.55. The van der Waals surface area contributed by atoms with E-state index in [1.165, 1.54) is 0 Å². The van der Waals surface area contributed by atoms with Gasteiger partial charge in [0, 0.05) is 19.2 Å². The summed E-state index contributed by atoms with van der Waals surface area (Å²) in [5.74, 6) is -0.463. The minimum atomic E-state index is -0.235. The molecule has 1 amide bonds. The first kappa shape index (κ1) is 20.7. The van der Waals surface area contributed by atoms with E-state index in [0.717, 1.165) is 22.3 Å². The summed E-state index contributed by atoms with van der Waals surface area (Å²) < 4.78 is 5.54. The van der Waals surface area contributed by atoms with Crippen LogP contribution in [0, 0.1) is 12.8 Å². The van der Waals surface area contributed by atoms with Crippen LogP contribution in [0.2, 0.25) is 0 Å². The molecule has 3 aromatic rings. The fourth-order valence-electron chi connectivity index (χ4n) is 3.69. The Morgan fingerprint density at radius 1 is 1.00 bits per heavy atom. The Morgan fingerprint density at radius 3 is 2.35 bits per heavy atom. The highest BCUT2D eigenvalue weighted by Crippen LogP contribution is 2.20. The van der Waals surface area contributed by atoms with Gasteiger partial charge in [-0.3, -0.25) is 9.59 Å². The van der Waals surface area contributed by atoms with Crippen molar-refractivity contribution < 1.29 is 14.3 Å². The van der Waals surface area contributed by atoms with Crippen LogP contribution >= 0.6 is 0 Å². The second kappa shape index (κ2) is 9.51. The van der Waals surface area contributed by atoms with Gasteiger partial charge in [-0.1, -0.05) is 42.5 Å². The maximum Gasteiger partial charge on any atom is 0.309 e. The van der Waals surface area contributed by atoms with Gasteiger partial charge in [-0.05, 0) is 43.5 Å². The van der Waals surface area contributed by atoms with Crippen molar-refractivity contribution >= 4 is 29.0 Å². The molecule has 158 valence electrons. The normalized spacial score (nSPS) is 14.8. The Balaban J connectivity index is 1.28. The van der Waals surface area contributed by atoms with Gasteiger partial charge in [0.25, 0.3) is 0 Å². The molecule has 1 fully saturated rings. The fraction of sp³-hybridized carbons (Fsp3) is 0.280. The third-order valence-corrected chi connectivity index (χ3v) is 5.55. The van der Waals surface area contributed by atoms with Gasteiger partial charge in [-0.15, -0.1) is 0 Å². The second-order valence-electron chi connectivity index (χ2n) is 7.70. The number of para-hydroxylation sites is 2. The summed E-state index contributed by atoms with van der Waals surface area (Å²) in [5.41, 5.74) is 4.03. The average molecular weight is 415 g/mol. The highest BCUT2D eigenvalue weighted by atomic mass is 16.5. The summed E-state index contributed by atoms with van der Waals surface area (Å²) in [5, 5.41) is 0. The zero-order valence-electron chi connectivity index (χ0n) is 17.5. The molecular weight excluding hydrogens is 390 g/mol. The first-order valence-corrected chi connectivity index (χ1v) is 10.5. The Labute approximate surface area is 181 Å². The molecule has 1 aromatic heterocycles. The standard InChI is InChI=1S/C25H25N3O3/c1-18-23(27-22-10-6-5-9-21(22)26-18)17-31-25(30)20-13-15-28(16-14-20)24(29)12-11-19-7-3-2-4-8-19/h2-12,20H,13-17H2,1H3/b12-11+. The molecule has 1 aliphatic rings. The molecule has 2 heterocycles. The van der Waals surface area contributed by atoms with Crippen LogP contribution in [0.25, 0.3) is 17.1 Å². The maximum absolute atomic E-state index is 12.5. The van der Waals surface area contributed by atoms with E-state index in [4.69, 9.17) is 4.74 Å².